The lowest BCUT2D eigenvalue weighted by molar-refractivity contribution is 0.0906. The van der Waals surface area contributed by atoms with Crippen molar-refractivity contribution in [1.82, 2.24) is 19.8 Å². The van der Waals surface area contributed by atoms with Crippen molar-refractivity contribution in [1.29, 1.82) is 0 Å². The largest absolute Gasteiger partial charge is 0.397 e. The summed E-state index contributed by atoms with van der Waals surface area (Å²) in [7, 11) is 0. The smallest absolute Gasteiger partial charge is 0.263 e. The molecule has 1 saturated heterocycles. The molecule has 0 aliphatic carbocycles. The van der Waals surface area contributed by atoms with Crippen LogP contribution in [0.1, 0.15) is 20.9 Å². The monoisotopic (exact) mass is 385 g/mol. The molecule has 0 bridgehead atoms. The van der Waals surface area contributed by atoms with Crippen molar-refractivity contribution in [2.75, 3.05) is 18.8 Å². The van der Waals surface area contributed by atoms with E-state index in [-0.39, 0.29) is 11.9 Å². The first kappa shape index (κ1) is 17.3. The molecule has 1 aliphatic heterocycles. The summed E-state index contributed by atoms with van der Waals surface area (Å²) in [5, 5.41) is 12.2. The van der Waals surface area contributed by atoms with E-state index in [1.54, 1.807) is 11.9 Å². The lowest BCUT2D eigenvalue weighted by Gasteiger charge is -2.38. The predicted molar refractivity (Wildman–Crippen MR) is 106 cm³/mol. The van der Waals surface area contributed by atoms with Gasteiger partial charge in [-0.05, 0) is 43.5 Å². The molecule has 0 unspecified atom stereocenters. The van der Waals surface area contributed by atoms with E-state index >= 15 is 0 Å². The van der Waals surface area contributed by atoms with Crippen LogP contribution in [-0.4, -0.2) is 39.5 Å². The Morgan fingerprint density at radius 2 is 2.00 bits per heavy atom. The Kier molecular flexibility index (Phi) is 4.56. The third-order valence-electron chi connectivity index (χ3n) is 4.50. The van der Waals surface area contributed by atoms with Gasteiger partial charge in [0.05, 0.1) is 17.4 Å². The number of nitrogens with one attached hydrogen (secondary N) is 1. The molecule has 3 aromatic rings. The number of anilines is 1. The number of aromatic nitrogens is 2. The molecule has 2 aromatic heterocycles. The summed E-state index contributed by atoms with van der Waals surface area (Å²) >= 11 is 3.01. The van der Waals surface area contributed by atoms with Crippen LogP contribution in [0.5, 0.6) is 0 Å². The fourth-order valence-electron chi connectivity index (χ4n) is 2.89. The molecule has 0 saturated carbocycles. The van der Waals surface area contributed by atoms with Gasteiger partial charge in [0.15, 0.2) is 0 Å². The number of hydrogen-bond donors (Lipinski definition) is 2. The molecule has 0 spiro atoms. The molecule has 4 rings (SSSR count). The van der Waals surface area contributed by atoms with Gasteiger partial charge in [-0.3, -0.25) is 4.79 Å². The molecule has 0 radical (unpaired) electrons. The van der Waals surface area contributed by atoms with Gasteiger partial charge in [-0.25, -0.2) is 4.31 Å². The normalized spacial score (nSPS) is 15.2. The van der Waals surface area contributed by atoms with Crippen LogP contribution in [0.4, 0.5) is 5.69 Å². The highest BCUT2D eigenvalue weighted by atomic mass is 32.2. The van der Waals surface area contributed by atoms with Gasteiger partial charge in [-0.1, -0.05) is 18.2 Å². The van der Waals surface area contributed by atoms with E-state index in [0.29, 0.717) is 15.4 Å². The van der Waals surface area contributed by atoms with Gasteiger partial charge in [-0.2, -0.15) is 5.10 Å². The van der Waals surface area contributed by atoms with E-state index in [0.717, 1.165) is 29.7 Å². The molecule has 6 nitrogen and oxygen atoms in total. The minimum atomic E-state index is -0.128. The predicted octanol–water partition coefficient (Wildman–Crippen LogP) is 3.01. The summed E-state index contributed by atoms with van der Waals surface area (Å²) in [5.41, 5.74) is 8.57. The van der Waals surface area contributed by atoms with Gasteiger partial charge in [-0.15, -0.1) is 16.4 Å². The number of nitrogens with zero attached hydrogens (tertiary/aromatic N) is 3. The Morgan fingerprint density at radius 3 is 2.73 bits per heavy atom. The van der Waals surface area contributed by atoms with Gasteiger partial charge in [0.25, 0.3) is 5.91 Å². The first-order valence-electron chi connectivity index (χ1n) is 8.33. The molecule has 1 aromatic carbocycles. The Hall–Kier alpha value is -2.16. The molecular formula is C18H19N5OS2. The number of nitrogen functional groups attached to an aromatic ring is 1. The number of thiophene rings is 1. The Labute approximate surface area is 159 Å². The van der Waals surface area contributed by atoms with Gasteiger partial charge in [0.2, 0.25) is 0 Å². The van der Waals surface area contributed by atoms with E-state index < -0.39 is 0 Å². The Balaban J connectivity index is 1.41. The maximum Gasteiger partial charge on any atom is 0.263 e. The number of benzene rings is 1. The summed E-state index contributed by atoms with van der Waals surface area (Å²) in [5.74, 6) is -0.128. The van der Waals surface area contributed by atoms with Crippen molar-refractivity contribution in [2.45, 2.75) is 24.8 Å². The van der Waals surface area contributed by atoms with Crippen molar-refractivity contribution in [3.05, 3.63) is 46.5 Å². The lowest BCUT2D eigenvalue weighted by atomic mass is 10.1. The van der Waals surface area contributed by atoms with Crippen molar-refractivity contribution in [2.24, 2.45) is 0 Å². The zero-order valence-corrected chi connectivity index (χ0v) is 16.2. The Morgan fingerprint density at radius 1 is 1.27 bits per heavy atom. The van der Waals surface area contributed by atoms with Gasteiger partial charge in [0.1, 0.15) is 9.71 Å². The van der Waals surface area contributed by atoms with Crippen LogP contribution in [-0.2, 0) is 0 Å². The molecule has 3 N–H and O–H groups in total. The van der Waals surface area contributed by atoms with E-state index in [1.807, 2.05) is 32.0 Å². The van der Waals surface area contributed by atoms with Crippen molar-refractivity contribution < 1.29 is 4.79 Å². The van der Waals surface area contributed by atoms with Crippen molar-refractivity contribution >= 4 is 45.1 Å². The minimum absolute atomic E-state index is 0.128. The van der Waals surface area contributed by atoms with Crippen molar-refractivity contribution in [3.63, 3.8) is 0 Å². The third kappa shape index (κ3) is 3.15. The van der Waals surface area contributed by atoms with Crippen LogP contribution in [0.3, 0.4) is 0 Å². The number of carbonyl (C=O) groups excluding carboxylic acids is 1. The maximum atomic E-state index is 12.6. The summed E-state index contributed by atoms with van der Waals surface area (Å²) in [6, 6.07) is 10.4. The third-order valence-corrected chi connectivity index (χ3v) is 6.63. The van der Waals surface area contributed by atoms with E-state index in [4.69, 9.17) is 5.73 Å². The molecule has 8 heteroatoms. The van der Waals surface area contributed by atoms with E-state index in [2.05, 4.69) is 32.0 Å². The molecule has 1 aliphatic rings. The van der Waals surface area contributed by atoms with E-state index in [1.165, 1.54) is 16.2 Å². The number of hydrogen-bond acceptors (Lipinski definition) is 7. The van der Waals surface area contributed by atoms with Crippen LogP contribution in [0, 0.1) is 13.8 Å². The standard InChI is InChI=1S/C18H19N5OS2/c1-10-11(2)21-22-18-14(10)15(19)16(25-18)17(24)20-12-8-23(9-12)26-13-6-4-3-5-7-13/h3-7,12H,8-9,19H2,1-2H3,(H,20,24). The second kappa shape index (κ2) is 6.86. The second-order valence-electron chi connectivity index (χ2n) is 6.36. The first-order chi connectivity index (χ1) is 12.5. The van der Waals surface area contributed by atoms with Crippen LogP contribution in [0.2, 0.25) is 0 Å². The van der Waals surface area contributed by atoms with Crippen LogP contribution < -0.4 is 11.1 Å². The quantitative estimate of drug-likeness (QED) is 0.672. The van der Waals surface area contributed by atoms with Crippen molar-refractivity contribution in [3.8, 4) is 0 Å². The highest BCUT2D eigenvalue weighted by Gasteiger charge is 2.30. The first-order valence-corrected chi connectivity index (χ1v) is 9.92. The van der Waals surface area contributed by atoms with Crippen LogP contribution in [0.25, 0.3) is 10.2 Å². The maximum absolute atomic E-state index is 12.6. The topological polar surface area (TPSA) is 84.1 Å². The number of rotatable bonds is 4. The Bertz CT molecular complexity index is 967. The summed E-state index contributed by atoms with van der Waals surface area (Å²) in [6.07, 6.45) is 0. The average Bonchev–Trinajstić information content (AvgIpc) is 2.94. The number of fused-ring (bicyclic) bond motifs is 1. The number of aryl methyl sites for hydroxylation is 2. The van der Waals surface area contributed by atoms with Crippen LogP contribution >= 0.6 is 23.3 Å². The zero-order chi connectivity index (χ0) is 18.3. The fourth-order valence-corrected chi connectivity index (χ4v) is 4.98. The number of nitrogens with two attached hydrogens (primary N) is 1. The highest BCUT2D eigenvalue weighted by molar-refractivity contribution is 7.97. The summed E-state index contributed by atoms with van der Waals surface area (Å²) in [4.78, 5) is 15.1. The average molecular weight is 386 g/mol. The summed E-state index contributed by atoms with van der Waals surface area (Å²) in [6.45, 7) is 5.48. The van der Waals surface area contributed by atoms with Gasteiger partial charge >= 0.3 is 0 Å². The van der Waals surface area contributed by atoms with Gasteiger partial charge < -0.3 is 11.1 Å². The minimum Gasteiger partial charge on any atom is -0.397 e. The fraction of sp³-hybridized carbons (Fsp3) is 0.278. The van der Waals surface area contributed by atoms with E-state index in [9.17, 15) is 4.79 Å². The summed E-state index contributed by atoms with van der Waals surface area (Å²) < 4.78 is 2.23. The molecule has 1 fully saturated rings. The van der Waals surface area contributed by atoms with Crippen LogP contribution in [0.15, 0.2) is 35.2 Å². The molecule has 26 heavy (non-hydrogen) atoms. The SMILES string of the molecule is Cc1nnc2sc(C(=O)NC3CN(Sc4ccccc4)C3)c(N)c2c1C. The molecule has 3 heterocycles. The molecule has 134 valence electrons. The second-order valence-corrected chi connectivity index (χ2v) is 8.53. The molecular weight excluding hydrogens is 366 g/mol. The molecule has 0 atom stereocenters. The molecule has 1 amide bonds. The zero-order valence-electron chi connectivity index (χ0n) is 14.5. The lowest BCUT2D eigenvalue weighted by Crippen LogP contribution is -2.56. The highest BCUT2D eigenvalue weighted by Crippen LogP contribution is 2.35. The number of amides is 1. The van der Waals surface area contributed by atoms with Gasteiger partial charge in [0, 0.05) is 23.4 Å². The number of carbonyl (C=O) groups is 1.